The number of rotatable bonds is 6. The van der Waals surface area contributed by atoms with Crippen LogP contribution in [0.2, 0.25) is 0 Å². The van der Waals surface area contributed by atoms with Crippen molar-refractivity contribution in [3.8, 4) is 0 Å². The Balaban J connectivity index is 1.70. The van der Waals surface area contributed by atoms with E-state index in [2.05, 4.69) is 0 Å². The Morgan fingerprint density at radius 2 is 1.19 bits per heavy atom. The molecule has 170 valence electrons. The van der Waals surface area contributed by atoms with Crippen molar-refractivity contribution in [1.82, 2.24) is 4.90 Å². The molecule has 1 aliphatic rings. The van der Waals surface area contributed by atoms with Gasteiger partial charge in [-0.3, -0.25) is 4.90 Å². The van der Waals surface area contributed by atoms with Gasteiger partial charge in [0.15, 0.2) is 0 Å². The maximum atomic E-state index is 12.9. The van der Waals surface area contributed by atoms with E-state index < -0.39 is 35.7 Å². The number of benzene rings is 2. The molecule has 0 radical (unpaired) electrons. The average Bonchev–Trinajstić information content (AvgIpc) is 3.22. The van der Waals surface area contributed by atoms with E-state index in [0.29, 0.717) is 0 Å². The monoisotopic (exact) mass is 439 g/mol. The van der Waals surface area contributed by atoms with Gasteiger partial charge >= 0.3 is 18.0 Å². The second kappa shape index (κ2) is 10.3. The summed E-state index contributed by atoms with van der Waals surface area (Å²) in [4.78, 5) is 39.7. The highest BCUT2D eigenvalue weighted by atomic mass is 16.6. The molecule has 2 aromatic rings. The van der Waals surface area contributed by atoms with Crippen molar-refractivity contribution in [2.75, 3.05) is 0 Å². The number of likely N-dealkylation sites (tertiary alicyclic amines) is 1. The Morgan fingerprint density at radius 1 is 0.781 bits per heavy atom. The zero-order valence-electron chi connectivity index (χ0n) is 18.7. The lowest BCUT2D eigenvalue weighted by Gasteiger charge is -2.30. The van der Waals surface area contributed by atoms with Crippen molar-refractivity contribution < 1.29 is 28.6 Å². The van der Waals surface area contributed by atoms with Crippen LogP contribution >= 0.6 is 0 Å². The fourth-order valence-corrected chi connectivity index (χ4v) is 3.49. The highest BCUT2D eigenvalue weighted by Crippen LogP contribution is 2.29. The molecule has 0 spiro atoms. The first-order valence-corrected chi connectivity index (χ1v) is 10.7. The van der Waals surface area contributed by atoms with Gasteiger partial charge in [0.25, 0.3) is 0 Å². The third-order valence-electron chi connectivity index (χ3n) is 4.98. The Kier molecular flexibility index (Phi) is 7.51. The first kappa shape index (κ1) is 23.3. The van der Waals surface area contributed by atoms with E-state index in [1.54, 1.807) is 20.8 Å². The van der Waals surface area contributed by atoms with Crippen LogP contribution in [0, 0.1) is 0 Å². The van der Waals surface area contributed by atoms with Crippen molar-refractivity contribution in [1.29, 1.82) is 0 Å². The van der Waals surface area contributed by atoms with Gasteiger partial charge < -0.3 is 14.2 Å². The summed E-state index contributed by atoms with van der Waals surface area (Å²) in [6.45, 7) is 5.36. The molecule has 0 saturated carbocycles. The highest BCUT2D eigenvalue weighted by Gasteiger charge is 2.47. The standard InChI is InChI=1S/C25H29NO6/c1-25(2,3)32-24(29)26-20(22(27)30-16-18-10-6-4-7-11-18)14-15-21(26)23(28)31-17-19-12-8-5-9-13-19/h4-13,20-21H,14-17H2,1-3H3. The molecule has 2 atom stereocenters. The first-order valence-electron chi connectivity index (χ1n) is 10.7. The van der Waals surface area contributed by atoms with Crippen LogP contribution in [-0.4, -0.2) is 40.6 Å². The van der Waals surface area contributed by atoms with Gasteiger partial charge in [-0.1, -0.05) is 60.7 Å². The van der Waals surface area contributed by atoms with Gasteiger partial charge in [0, 0.05) is 0 Å². The van der Waals surface area contributed by atoms with Gasteiger partial charge in [-0.15, -0.1) is 0 Å². The lowest BCUT2D eigenvalue weighted by atomic mass is 10.2. The molecule has 1 fully saturated rings. The van der Waals surface area contributed by atoms with Crippen molar-refractivity contribution >= 4 is 18.0 Å². The Labute approximate surface area is 188 Å². The molecule has 0 bridgehead atoms. The summed E-state index contributed by atoms with van der Waals surface area (Å²) in [6.07, 6.45) is -0.158. The van der Waals surface area contributed by atoms with Crippen LogP contribution < -0.4 is 0 Å². The van der Waals surface area contributed by atoms with E-state index in [0.717, 1.165) is 11.1 Å². The largest absolute Gasteiger partial charge is 0.459 e. The zero-order chi connectivity index (χ0) is 23.1. The molecule has 2 unspecified atom stereocenters. The highest BCUT2D eigenvalue weighted by molar-refractivity contribution is 5.88. The second-order valence-electron chi connectivity index (χ2n) is 8.68. The molecule has 7 heteroatoms. The molecule has 0 aromatic heterocycles. The second-order valence-corrected chi connectivity index (χ2v) is 8.68. The molecular weight excluding hydrogens is 410 g/mol. The van der Waals surface area contributed by atoms with E-state index in [-0.39, 0.29) is 26.1 Å². The minimum Gasteiger partial charge on any atom is -0.459 e. The van der Waals surface area contributed by atoms with E-state index in [9.17, 15) is 14.4 Å². The summed E-state index contributed by atoms with van der Waals surface area (Å²) >= 11 is 0. The summed E-state index contributed by atoms with van der Waals surface area (Å²) in [5.74, 6) is -1.14. The summed E-state index contributed by atoms with van der Waals surface area (Å²) in [6, 6.07) is 16.7. The number of carbonyl (C=O) groups excluding carboxylic acids is 3. The number of ether oxygens (including phenoxy) is 3. The van der Waals surface area contributed by atoms with E-state index in [4.69, 9.17) is 14.2 Å². The number of esters is 2. The third-order valence-corrected chi connectivity index (χ3v) is 4.98. The zero-order valence-corrected chi connectivity index (χ0v) is 18.7. The molecule has 1 saturated heterocycles. The van der Waals surface area contributed by atoms with Crippen LogP contribution in [0.3, 0.4) is 0 Å². The number of hydrogen-bond donors (Lipinski definition) is 0. The number of amides is 1. The number of nitrogens with zero attached hydrogens (tertiary/aromatic N) is 1. The molecule has 0 aliphatic carbocycles. The molecule has 1 heterocycles. The van der Waals surface area contributed by atoms with Crippen LogP contribution in [0.4, 0.5) is 4.79 Å². The average molecular weight is 440 g/mol. The van der Waals surface area contributed by atoms with Crippen LogP contribution in [0.5, 0.6) is 0 Å². The number of hydrogen-bond acceptors (Lipinski definition) is 6. The lowest BCUT2D eigenvalue weighted by Crippen LogP contribution is -2.50. The molecule has 1 aliphatic heterocycles. The smallest absolute Gasteiger partial charge is 0.411 e. The molecule has 1 amide bonds. The van der Waals surface area contributed by atoms with Crippen molar-refractivity contribution in [2.45, 2.75) is 64.5 Å². The van der Waals surface area contributed by atoms with Gasteiger partial charge in [-0.05, 0) is 44.7 Å². The third kappa shape index (κ3) is 6.33. The SMILES string of the molecule is CC(C)(C)OC(=O)N1C(C(=O)OCc2ccccc2)CCC1C(=O)OCc1ccccc1. The maximum Gasteiger partial charge on any atom is 0.411 e. The predicted octanol–water partition coefficient (Wildman–Crippen LogP) is 4.24. The molecule has 7 nitrogen and oxygen atoms in total. The van der Waals surface area contributed by atoms with Gasteiger partial charge in [0.1, 0.15) is 30.9 Å². The van der Waals surface area contributed by atoms with Crippen LogP contribution in [0.1, 0.15) is 44.7 Å². The van der Waals surface area contributed by atoms with Crippen molar-refractivity contribution in [3.05, 3.63) is 71.8 Å². The minimum absolute atomic E-state index is 0.0848. The Bertz CT molecular complexity index is 859. The summed E-state index contributed by atoms with van der Waals surface area (Å²) in [5, 5.41) is 0. The molecular formula is C25H29NO6. The molecule has 3 rings (SSSR count). The van der Waals surface area contributed by atoms with Gasteiger partial charge in [-0.2, -0.15) is 0 Å². The maximum absolute atomic E-state index is 12.9. The summed E-state index contributed by atoms with van der Waals surface area (Å²) in [5.41, 5.74) is 0.888. The number of carbonyl (C=O) groups is 3. The van der Waals surface area contributed by atoms with Crippen LogP contribution in [-0.2, 0) is 37.0 Å². The van der Waals surface area contributed by atoms with Crippen molar-refractivity contribution in [2.24, 2.45) is 0 Å². The van der Waals surface area contributed by atoms with Crippen molar-refractivity contribution in [3.63, 3.8) is 0 Å². The minimum atomic E-state index is -0.914. The normalized spacial score (nSPS) is 18.2. The quantitative estimate of drug-likeness (QED) is 0.495. The van der Waals surface area contributed by atoms with E-state index in [1.807, 2.05) is 60.7 Å². The van der Waals surface area contributed by atoms with Gasteiger partial charge in [0.2, 0.25) is 0 Å². The molecule has 32 heavy (non-hydrogen) atoms. The molecule has 2 aromatic carbocycles. The fraction of sp³-hybridized carbons (Fsp3) is 0.400. The van der Waals surface area contributed by atoms with Crippen LogP contribution in [0.15, 0.2) is 60.7 Å². The van der Waals surface area contributed by atoms with Gasteiger partial charge in [-0.25, -0.2) is 14.4 Å². The predicted molar refractivity (Wildman–Crippen MR) is 117 cm³/mol. The summed E-state index contributed by atoms with van der Waals surface area (Å²) < 4.78 is 16.4. The first-order chi connectivity index (χ1) is 15.2. The fourth-order valence-electron chi connectivity index (χ4n) is 3.49. The summed E-state index contributed by atoms with van der Waals surface area (Å²) in [7, 11) is 0. The molecule has 0 N–H and O–H groups in total. The Morgan fingerprint density at radius 3 is 1.56 bits per heavy atom. The Hall–Kier alpha value is -3.35. The van der Waals surface area contributed by atoms with Gasteiger partial charge in [0.05, 0.1) is 0 Å². The lowest BCUT2D eigenvalue weighted by molar-refractivity contribution is -0.155. The van der Waals surface area contributed by atoms with E-state index in [1.165, 1.54) is 4.90 Å². The van der Waals surface area contributed by atoms with E-state index >= 15 is 0 Å². The topological polar surface area (TPSA) is 82.1 Å². The van der Waals surface area contributed by atoms with Crippen LogP contribution in [0.25, 0.3) is 0 Å².